The zero-order chi connectivity index (χ0) is 11.4. The summed E-state index contributed by atoms with van der Waals surface area (Å²) in [5, 5.41) is 8.90. The fourth-order valence-corrected chi connectivity index (χ4v) is 2.56. The highest BCUT2D eigenvalue weighted by atomic mass is 16.5. The molecule has 1 saturated carbocycles. The van der Waals surface area contributed by atoms with Gasteiger partial charge in [0.05, 0.1) is 12.0 Å². The topological polar surface area (TPSA) is 46.5 Å². The number of aliphatic carboxylic acids is 1. The Hall–Kier alpha value is -0.830. The molecule has 2 fully saturated rings. The van der Waals surface area contributed by atoms with E-state index in [9.17, 15) is 4.79 Å². The molecule has 0 bridgehead atoms. The molecule has 1 atom stereocenters. The van der Waals surface area contributed by atoms with Gasteiger partial charge in [-0.3, -0.25) is 4.79 Å². The number of carbonyl (C=O) groups is 1. The van der Waals surface area contributed by atoms with E-state index in [1.54, 1.807) is 0 Å². The van der Waals surface area contributed by atoms with Gasteiger partial charge in [-0.1, -0.05) is 11.6 Å². The van der Waals surface area contributed by atoms with Crippen molar-refractivity contribution in [3.8, 4) is 0 Å². The summed E-state index contributed by atoms with van der Waals surface area (Å²) in [6, 6.07) is 0. The number of hydrogen-bond donors (Lipinski definition) is 1. The third-order valence-corrected chi connectivity index (χ3v) is 3.61. The van der Waals surface area contributed by atoms with Gasteiger partial charge in [-0.25, -0.2) is 0 Å². The van der Waals surface area contributed by atoms with Crippen LogP contribution in [0.3, 0.4) is 0 Å². The molecule has 0 aromatic heterocycles. The van der Waals surface area contributed by atoms with Gasteiger partial charge < -0.3 is 9.84 Å². The van der Waals surface area contributed by atoms with E-state index < -0.39 is 5.97 Å². The quantitative estimate of drug-likeness (QED) is 0.734. The molecule has 1 N–H and O–H groups in total. The number of ether oxygens (including phenoxy) is 1. The Labute approximate surface area is 96.5 Å². The van der Waals surface area contributed by atoms with Crippen LogP contribution >= 0.6 is 0 Å². The van der Waals surface area contributed by atoms with E-state index in [2.05, 4.69) is 6.08 Å². The van der Waals surface area contributed by atoms with Crippen molar-refractivity contribution < 1.29 is 14.6 Å². The molecule has 1 heterocycles. The summed E-state index contributed by atoms with van der Waals surface area (Å²) in [6.07, 6.45) is 9.59. The predicted molar refractivity (Wildman–Crippen MR) is 61.3 cm³/mol. The van der Waals surface area contributed by atoms with Gasteiger partial charge in [0.15, 0.2) is 0 Å². The van der Waals surface area contributed by atoms with Gasteiger partial charge in [0.25, 0.3) is 0 Å². The number of carboxylic acid groups (broad SMARTS) is 1. The van der Waals surface area contributed by atoms with Gasteiger partial charge >= 0.3 is 5.97 Å². The van der Waals surface area contributed by atoms with Crippen molar-refractivity contribution in [2.24, 2.45) is 5.92 Å². The molecular formula is C13H20O3. The molecule has 0 aromatic rings. The van der Waals surface area contributed by atoms with Gasteiger partial charge in [0, 0.05) is 6.61 Å². The summed E-state index contributed by atoms with van der Waals surface area (Å²) in [5.74, 6) is -0.752. The lowest BCUT2D eigenvalue weighted by atomic mass is 9.85. The minimum absolute atomic E-state index is 0.121. The summed E-state index contributed by atoms with van der Waals surface area (Å²) in [7, 11) is 0. The first-order valence-electron chi connectivity index (χ1n) is 6.29. The summed E-state index contributed by atoms with van der Waals surface area (Å²) in [5.41, 5.74) is 1.41. The number of allylic oxidation sites excluding steroid dienone is 1. The van der Waals surface area contributed by atoms with E-state index in [1.165, 1.54) is 18.4 Å². The Morgan fingerprint density at radius 1 is 1.25 bits per heavy atom. The molecule has 0 amide bonds. The Kier molecular flexibility index (Phi) is 3.99. The van der Waals surface area contributed by atoms with Crippen molar-refractivity contribution >= 4 is 5.97 Å². The van der Waals surface area contributed by atoms with Crippen molar-refractivity contribution in [1.82, 2.24) is 0 Å². The van der Waals surface area contributed by atoms with Crippen LogP contribution in [0.25, 0.3) is 0 Å². The first-order chi connectivity index (χ1) is 7.75. The van der Waals surface area contributed by atoms with Gasteiger partial charge in [-0.2, -0.15) is 0 Å². The smallest absolute Gasteiger partial charge is 0.306 e. The van der Waals surface area contributed by atoms with Gasteiger partial charge in [-0.15, -0.1) is 0 Å². The number of hydrogen-bond acceptors (Lipinski definition) is 2. The standard InChI is InChI=1S/C13H20O3/c14-13(15)11-6-4-10(5-7-11)9-12-3-1-2-8-16-12/h9,11-12H,1-8H2,(H,14,15). The monoisotopic (exact) mass is 224 g/mol. The minimum Gasteiger partial charge on any atom is -0.481 e. The molecule has 1 aliphatic carbocycles. The molecule has 1 saturated heterocycles. The predicted octanol–water partition coefficient (Wildman–Crippen LogP) is 2.76. The Bertz CT molecular complexity index is 267. The van der Waals surface area contributed by atoms with E-state index >= 15 is 0 Å². The van der Waals surface area contributed by atoms with Crippen LogP contribution in [0.2, 0.25) is 0 Å². The largest absolute Gasteiger partial charge is 0.481 e. The average Bonchev–Trinajstić information content (AvgIpc) is 2.31. The van der Waals surface area contributed by atoms with E-state index in [0.29, 0.717) is 6.10 Å². The number of carboxylic acids is 1. The molecule has 2 aliphatic rings. The zero-order valence-electron chi connectivity index (χ0n) is 9.65. The summed E-state index contributed by atoms with van der Waals surface area (Å²) in [6.45, 7) is 0.881. The third-order valence-electron chi connectivity index (χ3n) is 3.61. The third kappa shape index (κ3) is 3.08. The molecule has 3 heteroatoms. The van der Waals surface area contributed by atoms with E-state index in [1.807, 2.05) is 0 Å². The van der Waals surface area contributed by atoms with Crippen molar-refractivity contribution in [3.05, 3.63) is 11.6 Å². The summed E-state index contributed by atoms with van der Waals surface area (Å²) in [4.78, 5) is 10.8. The average molecular weight is 224 g/mol. The highest BCUT2D eigenvalue weighted by molar-refractivity contribution is 5.70. The fourth-order valence-electron chi connectivity index (χ4n) is 2.56. The second-order valence-corrected chi connectivity index (χ2v) is 4.84. The molecule has 0 aromatic carbocycles. The Morgan fingerprint density at radius 2 is 2.00 bits per heavy atom. The highest BCUT2D eigenvalue weighted by Gasteiger charge is 2.23. The molecule has 0 radical (unpaired) electrons. The van der Waals surface area contributed by atoms with Gasteiger partial charge in [0.1, 0.15) is 0 Å². The maximum atomic E-state index is 10.8. The maximum absolute atomic E-state index is 10.8. The molecular weight excluding hydrogens is 204 g/mol. The second kappa shape index (κ2) is 5.48. The second-order valence-electron chi connectivity index (χ2n) is 4.84. The zero-order valence-corrected chi connectivity index (χ0v) is 9.65. The SMILES string of the molecule is O=C(O)C1CCC(=CC2CCCCO2)CC1. The lowest BCUT2D eigenvalue weighted by Crippen LogP contribution is -2.20. The Morgan fingerprint density at radius 3 is 2.56 bits per heavy atom. The van der Waals surface area contributed by atoms with E-state index in [4.69, 9.17) is 9.84 Å². The normalized spacial score (nSPS) is 31.1. The van der Waals surface area contributed by atoms with Crippen LogP contribution in [0.4, 0.5) is 0 Å². The van der Waals surface area contributed by atoms with Crippen LogP contribution in [-0.2, 0) is 9.53 Å². The van der Waals surface area contributed by atoms with Crippen molar-refractivity contribution in [2.45, 2.75) is 51.0 Å². The van der Waals surface area contributed by atoms with Gasteiger partial charge in [-0.05, 0) is 44.9 Å². The van der Waals surface area contributed by atoms with Crippen LogP contribution in [0.1, 0.15) is 44.9 Å². The van der Waals surface area contributed by atoms with E-state index in [-0.39, 0.29) is 5.92 Å². The molecule has 2 rings (SSSR count). The van der Waals surface area contributed by atoms with Crippen molar-refractivity contribution in [3.63, 3.8) is 0 Å². The lowest BCUT2D eigenvalue weighted by Gasteiger charge is -2.24. The van der Waals surface area contributed by atoms with Crippen molar-refractivity contribution in [1.29, 1.82) is 0 Å². The number of rotatable bonds is 2. The van der Waals surface area contributed by atoms with Crippen LogP contribution in [-0.4, -0.2) is 23.8 Å². The first kappa shape index (κ1) is 11.6. The van der Waals surface area contributed by atoms with Crippen molar-refractivity contribution in [2.75, 3.05) is 6.61 Å². The lowest BCUT2D eigenvalue weighted by molar-refractivity contribution is -0.142. The van der Waals surface area contributed by atoms with Gasteiger partial charge in [0.2, 0.25) is 0 Å². The molecule has 90 valence electrons. The molecule has 16 heavy (non-hydrogen) atoms. The Balaban J connectivity index is 1.83. The molecule has 1 aliphatic heterocycles. The van der Waals surface area contributed by atoms with Crippen LogP contribution in [0.15, 0.2) is 11.6 Å². The van der Waals surface area contributed by atoms with E-state index in [0.717, 1.165) is 38.7 Å². The summed E-state index contributed by atoms with van der Waals surface area (Å²) < 4.78 is 5.66. The maximum Gasteiger partial charge on any atom is 0.306 e. The molecule has 3 nitrogen and oxygen atoms in total. The minimum atomic E-state index is -0.632. The summed E-state index contributed by atoms with van der Waals surface area (Å²) >= 11 is 0. The first-order valence-corrected chi connectivity index (χ1v) is 6.29. The molecule has 1 unspecified atom stereocenters. The highest BCUT2D eigenvalue weighted by Crippen LogP contribution is 2.29. The van der Waals surface area contributed by atoms with Crippen LogP contribution in [0, 0.1) is 5.92 Å². The molecule has 0 spiro atoms. The van der Waals surface area contributed by atoms with Crippen LogP contribution < -0.4 is 0 Å². The fraction of sp³-hybridized carbons (Fsp3) is 0.769. The van der Waals surface area contributed by atoms with Crippen LogP contribution in [0.5, 0.6) is 0 Å².